The first-order chi connectivity index (χ1) is 15.0. The smallest absolute Gasteiger partial charge is 0.255 e. The number of amides is 1. The Hall–Kier alpha value is -2.71. The Kier molecular flexibility index (Phi) is 5.27. The monoisotopic (exact) mass is 423 g/mol. The fraction of sp³-hybridized carbons (Fsp3) is 0.522. The maximum atomic E-state index is 12.8. The topological polar surface area (TPSA) is 105 Å². The molecular formula is C23H29N5O3. The van der Waals surface area contributed by atoms with E-state index in [-0.39, 0.29) is 11.0 Å². The molecule has 0 radical (unpaired) electrons. The molecule has 3 N–H and O–H groups in total. The average Bonchev–Trinajstić information content (AvgIpc) is 3.15. The Balaban J connectivity index is 1.30. The molecule has 0 saturated carbocycles. The van der Waals surface area contributed by atoms with Crippen LogP contribution in [0.1, 0.15) is 46.4 Å². The van der Waals surface area contributed by atoms with Gasteiger partial charge in [0.2, 0.25) is 11.9 Å². The summed E-state index contributed by atoms with van der Waals surface area (Å²) in [5.74, 6) is 0.301. The number of morpholine rings is 1. The predicted octanol–water partition coefficient (Wildman–Crippen LogP) is 1.19. The number of piperidine rings is 1. The van der Waals surface area contributed by atoms with Gasteiger partial charge in [-0.25, -0.2) is 4.98 Å². The molecule has 2 aromatic rings. The zero-order valence-corrected chi connectivity index (χ0v) is 17.7. The van der Waals surface area contributed by atoms with E-state index < -0.39 is 5.91 Å². The number of H-pyrrole nitrogens is 1. The summed E-state index contributed by atoms with van der Waals surface area (Å²) in [5.41, 5.74) is 9.00. The Morgan fingerprint density at radius 2 is 1.81 bits per heavy atom. The predicted molar refractivity (Wildman–Crippen MR) is 117 cm³/mol. The summed E-state index contributed by atoms with van der Waals surface area (Å²) in [5, 5.41) is 0. The van der Waals surface area contributed by atoms with Crippen LogP contribution in [0.25, 0.3) is 0 Å². The van der Waals surface area contributed by atoms with E-state index >= 15 is 0 Å². The number of carbonyl (C=O) groups excluding carboxylic acids is 1. The number of nitrogens with one attached hydrogen (secondary N) is 1. The molecule has 1 aliphatic carbocycles. The van der Waals surface area contributed by atoms with E-state index in [9.17, 15) is 9.59 Å². The van der Waals surface area contributed by atoms with Crippen molar-refractivity contribution in [3.63, 3.8) is 0 Å². The van der Waals surface area contributed by atoms with Crippen molar-refractivity contribution in [2.45, 2.75) is 37.6 Å². The van der Waals surface area contributed by atoms with Gasteiger partial charge in [0.1, 0.15) is 0 Å². The summed E-state index contributed by atoms with van der Waals surface area (Å²) < 4.78 is 5.44. The fourth-order valence-electron chi connectivity index (χ4n) is 5.22. The SMILES string of the molecule is NC(=O)c1ccc(CN2CCC3(CCc4c3nc(N3CCOCC3)[nH]c4=O)CC2)cc1. The standard InChI is InChI=1S/C23H29N5O3/c24-20(29)17-3-1-16(2-4-17)15-27-9-7-23(8-10-27)6-5-18-19(23)25-22(26-21(18)30)28-11-13-31-14-12-28/h1-4H,5-15H2,(H2,24,29)(H,25,26,30). The number of carbonyl (C=O) groups is 1. The maximum absolute atomic E-state index is 12.8. The van der Waals surface area contributed by atoms with Crippen molar-refractivity contribution in [3.05, 3.63) is 57.0 Å². The number of fused-ring (bicyclic) bond motifs is 2. The van der Waals surface area contributed by atoms with Crippen molar-refractivity contribution in [1.29, 1.82) is 0 Å². The van der Waals surface area contributed by atoms with Gasteiger partial charge in [-0.15, -0.1) is 0 Å². The van der Waals surface area contributed by atoms with Gasteiger partial charge in [0.05, 0.1) is 18.9 Å². The lowest BCUT2D eigenvalue weighted by Gasteiger charge is -2.39. The lowest BCUT2D eigenvalue weighted by Crippen LogP contribution is -2.43. The molecule has 1 spiro atoms. The van der Waals surface area contributed by atoms with E-state index in [0.717, 1.165) is 69.7 Å². The molecule has 0 unspecified atom stereocenters. The van der Waals surface area contributed by atoms with Crippen LogP contribution in [0.2, 0.25) is 0 Å². The van der Waals surface area contributed by atoms with Crippen molar-refractivity contribution in [3.8, 4) is 0 Å². The maximum Gasteiger partial charge on any atom is 0.255 e. The van der Waals surface area contributed by atoms with Gasteiger partial charge in [-0.05, 0) is 56.5 Å². The highest BCUT2D eigenvalue weighted by Gasteiger charge is 2.44. The van der Waals surface area contributed by atoms with Crippen LogP contribution in [0.4, 0.5) is 5.95 Å². The molecule has 3 aliphatic rings. The first kappa shape index (κ1) is 20.2. The van der Waals surface area contributed by atoms with Crippen LogP contribution >= 0.6 is 0 Å². The number of hydrogen-bond donors (Lipinski definition) is 2. The third-order valence-corrected chi connectivity index (χ3v) is 7.13. The molecule has 1 aromatic heterocycles. The number of aromatic amines is 1. The van der Waals surface area contributed by atoms with E-state index in [0.29, 0.717) is 24.7 Å². The minimum Gasteiger partial charge on any atom is -0.378 e. The third-order valence-electron chi connectivity index (χ3n) is 7.13. The molecule has 2 aliphatic heterocycles. The average molecular weight is 424 g/mol. The van der Waals surface area contributed by atoms with E-state index in [1.165, 1.54) is 5.56 Å². The molecule has 164 valence electrons. The van der Waals surface area contributed by atoms with Crippen LogP contribution in [-0.4, -0.2) is 60.2 Å². The van der Waals surface area contributed by atoms with Gasteiger partial charge in [-0.1, -0.05) is 12.1 Å². The lowest BCUT2D eigenvalue weighted by atomic mass is 9.76. The van der Waals surface area contributed by atoms with Crippen LogP contribution < -0.4 is 16.2 Å². The molecule has 1 aromatic carbocycles. The van der Waals surface area contributed by atoms with Crippen molar-refractivity contribution in [2.75, 3.05) is 44.3 Å². The van der Waals surface area contributed by atoms with E-state index in [1.54, 1.807) is 12.1 Å². The van der Waals surface area contributed by atoms with Gasteiger partial charge in [0.25, 0.3) is 5.56 Å². The van der Waals surface area contributed by atoms with Crippen LogP contribution in [0.5, 0.6) is 0 Å². The largest absolute Gasteiger partial charge is 0.378 e. The highest BCUT2D eigenvalue weighted by atomic mass is 16.5. The Morgan fingerprint density at radius 3 is 2.48 bits per heavy atom. The number of likely N-dealkylation sites (tertiary alicyclic amines) is 1. The van der Waals surface area contributed by atoms with E-state index in [4.69, 9.17) is 15.5 Å². The lowest BCUT2D eigenvalue weighted by molar-refractivity contribution is 0.1000. The van der Waals surface area contributed by atoms with E-state index in [2.05, 4.69) is 14.8 Å². The molecule has 3 heterocycles. The number of primary amides is 1. The van der Waals surface area contributed by atoms with E-state index in [1.807, 2.05) is 12.1 Å². The first-order valence-corrected chi connectivity index (χ1v) is 11.1. The molecule has 2 fully saturated rings. The second kappa shape index (κ2) is 8.09. The van der Waals surface area contributed by atoms with Crippen LogP contribution in [0.3, 0.4) is 0 Å². The number of nitrogens with two attached hydrogens (primary N) is 1. The van der Waals surface area contributed by atoms with Crippen LogP contribution in [0, 0.1) is 0 Å². The molecule has 0 bridgehead atoms. The molecule has 8 heteroatoms. The number of rotatable bonds is 4. The van der Waals surface area contributed by atoms with Crippen LogP contribution in [-0.2, 0) is 23.1 Å². The number of nitrogens with zero attached hydrogens (tertiary/aromatic N) is 3. The minimum atomic E-state index is -0.398. The molecular weight excluding hydrogens is 394 g/mol. The van der Waals surface area contributed by atoms with Crippen molar-refractivity contribution in [1.82, 2.24) is 14.9 Å². The second-order valence-corrected chi connectivity index (χ2v) is 8.93. The third kappa shape index (κ3) is 3.85. The Bertz CT molecular complexity index is 1020. The van der Waals surface area contributed by atoms with Gasteiger partial charge < -0.3 is 15.4 Å². The molecule has 5 rings (SSSR count). The summed E-state index contributed by atoms with van der Waals surface area (Å²) in [6, 6.07) is 7.54. The fourth-order valence-corrected chi connectivity index (χ4v) is 5.22. The normalized spacial score (nSPS) is 20.7. The Morgan fingerprint density at radius 1 is 1.10 bits per heavy atom. The van der Waals surface area contributed by atoms with Gasteiger partial charge in [0, 0.05) is 36.2 Å². The summed E-state index contributed by atoms with van der Waals surface area (Å²) in [7, 11) is 0. The minimum absolute atomic E-state index is 0.0109. The van der Waals surface area contributed by atoms with Crippen LogP contribution in [0.15, 0.2) is 29.1 Å². The zero-order valence-electron chi connectivity index (χ0n) is 17.7. The van der Waals surface area contributed by atoms with Gasteiger partial charge in [-0.2, -0.15) is 0 Å². The number of aromatic nitrogens is 2. The highest BCUT2D eigenvalue weighted by molar-refractivity contribution is 5.92. The van der Waals surface area contributed by atoms with Gasteiger partial charge in [-0.3, -0.25) is 19.5 Å². The summed E-state index contributed by atoms with van der Waals surface area (Å²) in [6.45, 7) is 5.65. The molecule has 8 nitrogen and oxygen atoms in total. The Labute approximate surface area is 181 Å². The quantitative estimate of drug-likeness (QED) is 0.765. The van der Waals surface area contributed by atoms with Gasteiger partial charge in [0.15, 0.2) is 0 Å². The summed E-state index contributed by atoms with van der Waals surface area (Å²) >= 11 is 0. The second-order valence-electron chi connectivity index (χ2n) is 8.93. The highest BCUT2D eigenvalue weighted by Crippen LogP contribution is 2.44. The number of benzene rings is 1. The number of ether oxygens (including phenoxy) is 1. The summed E-state index contributed by atoms with van der Waals surface area (Å²) in [4.78, 5) is 36.6. The van der Waals surface area contributed by atoms with Crippen molar-refractivity contribution < 1.29 is 9.53 Å². The number of anilines is 1. The molecule has 1 amide bonds. The van der Waals surface area contributed by atoms with Crippen molar-refractivity contribution in [2.24, 2.45) is 5.73 Å². The first-order valence-electron chi connectivity index (χ1n) is 11.1. The number of hydrogen-bond acceptors (Lipinski definition) is 6. The molecule has 31 heavy (non-hydrogen) atoms. The zero-order chi connectivity index (χ0) is 21.4. The molecule has 2 saturated heterocycles. The van der Waals surface area contributed by atoms with Gasteiger partial charge >= 0.3 is 0 Å². The summed E-state index contributed by atoms with van der Waals surface area (Å²) in [6.07, 6.45) is 3.85. The molecule has 0 atom stereocenters. The van der Waals surface area contributed by atoms with Crippen molar-refractivity contribution >= 4 is 11.9 Å².